The summed E-state index contributed by atoms with van der Waals surface area (Å²) in [5.41, 5.74) is 1.09. The fourth-order valence-corrected chi connectivity index (χ4v) is 4.55. The van der Waals surface area contributed by atoms with Crippen LogP contribution in [0.25, 0.3) is 0 Å². The van der Waals surface area contributed by atoms with Crippen molar-refractivity contribution in [2.75, 3.05) is 0 Å². The summed E-state index contributed by atoms with van der Waals surface area (Å²) in [5, 5.41) is 0. The van der Waals surface area contributed by atoms with Crippen LogP contribution in [-0.4, -0.2) is 24.8 Å². The number of sulfonamides is 1. The lowest BCUT2D eigenvalue weighted by molar-refractivity contribution is 0.517. The highest BCUT2D eigenvalue weighted by atomic mass is 32.2. The third-order valence-electron chi connectivity index (χ3n) is 3.60. The minimum atomic E-state index is -3.21. The highest BCUT2D eigenvalue weighted by Crippen LogP contribution is 2.46. The van der Waals surface area contributed by atoms with Crippen LogP contribution in [0.4, 0.5) is 0 Å². The largest absolute Gasteiger partial charge is 0.243 e. The summed E-state index contributed by atoms with van der Waals surface area (Å²) in [4.78, 5) is 0.438. The van der Waals surface area contributed by atoms with Gasteiger partial charge in [0, 0.05) is 12.1 Å². The van der Waals surface area contributed by atoms with Crippen LogP contribution in [0.2, 0.25) is 0 Å². The summed E-state index contributed by atoms with van der Waals surface area (Å²) in [5.74, 6) is 0. The van der Waals surface area contributed by atoms with Crippen molar-refractivity contribution in [3.05, 3.63) is 29.8 Å². The van der Waals surface area contributed by atoms with E-state index in [0.717, 1.165) is 18.4 Å². The molecular formula is C12H15NO2S. The van der Waals surface area contributed by atoms with Gasteiger partial charge in [0.2, 0.25) is 10.0 Å². The fraction of sp³-hybridized carbons (Fsp3) is 0.500. The third kappa shape index (κ3) is 1.40. The molecule has 1 aliphatic heterocycles. The van der Waals surface area contributed by atoms with Crippen LogP contribution < -0.4 is 0 Å². The van der Waals surface area contributed by atoms with Crippen molar-refractivity contribution in [2.45, 2.75) is 43.2 Å². The Morgan fingerprint density at radius 3 is 2.25 bits per heavy atom. The van der Waals surface area contributed by atoms with E-state index in [0.29, 0.717) is 17.0 Å². The minimum Gasteiger partial charge on any atom is -0.207 e. The zero-order valence-corrected chi connectivity index (χ0v) is 10.1. The standard InChI is InChI=1S/C12H15NO2S/c1-9-5-7-10(8-6-9)16(14,15)13-11-3-2-4-12(11)13/h5-8,11-12H,2-4H2,1H3/t11-,12-/m1/s1. The highest BCUT2D eigenvalue weighted by molar-refractivity contribution is 7.89. The quantitative estimate of drug-likeness (QED) is 0.737. The Hall–Kier alpha value is -0.870. The molecular weight excluding hydrogens is 222 g/mol. The smallest absolute Gasteiger partial charge is 0.207 e. The van der Waals surface area contributed by atoms with Crippen LogP contribution >= 0.6 is 0 Å². The monoisotopic (exact) mass is 237 g/mol. The molecule has 86 valence electrons. The maximum absolute atomic E-state index is 12.2. The Morgan fingerprint density at radius 2 is 1.69 bits per heavy atom. The number of aryl methyl sites for hydroxylation is 1. The first kappa shape index (κ1) is 10.3. The van der Waals surface area contributed by atoms with Crippen LogP contribution in [-0.2, 0) is 10.0 Å². The molecule has 2 atom stereocenters. The predicted octanol–water partition coefficient (Wildman–Crippen LogP) is 1.92. The molecule has 0 unspecified atom stereocenters. The van der Waals surface area contributed by atoms with Crippen molar-refractivity contribution in [3.8, 4) is 0 Å². The second kappa shape index (κ2) is 3.31. The molecule has 1 aromatic carbocycles. The first-order valence-corrected chi connectivity index (χ1v) is 7.15. The van der Waals surface area contributed by atoms with E-state index in [1.165, 1.54) is 6.42 Å². The van der Waals surface area contributed by atoms with Gasteiger partial charge in [-0.1, -0.05) is 24.1 Å². The molecule has 2 fully saturated rings. The van der Waals surface area contributed by atoms with Gasteiger partial charge in [-0.05, 0) is 31.9 Å². The lowest BCUT2D eigenvalue weighted by atomic mass is 10.2. The zero-order valence-electron chi connectivity index (χ0n) is 9.26. The van der Waals surface area contributed by atoms with E-state index in [2.05, 4.69) is 0 Å². The summed E-state index contributed by atoms with van der Waals surface area (Å²) in [6.07, 6.45) is 3.25. The first-order chi connectivity index (χ1) is 7.60. The van der Waals surface area contributed by atoms with Crippen LogP contribution in [0, 0.1) is 6.92 Å². The number of hydrogen-bond donors (Lipinski definition) is 0. The maximum Gasteiger partial charge on any atom is 0.243 e. The maximum atomic E-state index is 12.2. The Morgan fingerprint density at radius 1 is 1.12 bits per heavy atom. The molecule has 1 heterocycles. The number of nitrogens with zero attached hydrogens (tertiary/aromatic N) is 1. The Labute approximate surface area is 96.1 Å². The minimum absolute atomic E-state index is 0.298. The molecule has 4 heteroatoms. The van der Waals surface area contributed by atoms with Crippen molar-refractivity contribution in [3.63, 3.8) is 0 Å². The van der Waals surface area contributed by atoms with E-state index in [4.69, 9.17) is 0 Å². The molecule has 3 nitrogen and oxygen atoms in total. The summed E-state index contributed by atoms with van der Waals surface area (Å²) in [6.45, 7) is 1.96. The van der Waals surface area contributed by atoms with Gasteiger partial charge >= 0.3 is 0 Å². The molecule has 0 bridgehead atoms. The Kier molecular flexibility index (Phi) is 2.13. The van der Waals surface area contributed by atoms with Crippen molar-refractivity contribution in [1.29, 1.82) is 0 Å². The van der Waals surface area contributed by atoms with E-state index in [9.17, 15) is 8.42 Å². The van der Waals surface area contributed by atoms with Crippen molar-refractivity contribution in [1.82, 2.24) is 4.31 Å². The lowest BCUT2D eigenvalue weighted by Crippen LogP contribution is -2.17. The molecule has 2 aliphatic rings. The van der Waals surface area contributed by atoms with Gasteiger partial charge in [-0.2, -0.15) is 4.31 Å². The predicted molar refractivity (Wildman–Crippen MR) is 61.6 cm³/mol. The molecule has 0 aromatic heterocycles. The van der Waals surface area contributed by atoms with Gasteiger partial charge in [0.15, 0.2) is 0 Å². The second-order valence-corrected chi connectivity index (χ2v) is 6.56. The van der Waals surface area contributed by atoms with E-state index in [-0.39, 0.29) is 0 Å². The first-order valence-electron chi connectivity index (χ1n) is 5.71. The molecule has 0 radical (unpaired) electrons. The third-order valence-corrected chi connectivity index (χ3v) is 5.57. The molecule has 3 rings (SSSR count). The number of benzene rings is 1. The molecule has 1 saturated heterocycles. The van der Waals surface area contributed by atoms with Gasteiger partial charge in [-0.25, -0.2) is 8.42 Å². The molecule has 0 amide bonds. The lowest BCUT2D eigenvalue weighted by Gasteiger charge is -2.09. The topological polar surface area (TPSA) is 37.1 Å². The molecule has 16 heavy (non-hydrogen) atoms. The summed E-state index contributed by atoms with van der Waals surface area (Å²) < 4.78 is 26.2. The second-order valence-electron chi connectivity index (χ2n) is 4.71. The molecule has 1 saturated carbocycles. The molecule has 0 N–H and O–H groups in total. The van der Waals surface area contributed by atoms with Gasteiger partial charge in [-0.3, -0.25) is 0 Å². The molecule has 1 aliphatic carbocycles. The van der Waals surface area contributed by atoms with E-state index >= 15 is 0 Å². The number of fused-ring (bicyclic) bond motifs is 1. The Bertz CT molecular complexity index is 496. The number of hydrogen-bond acceptors (Lipinski definition) is 2. The average Bonchev–Trinajstić information content (AvgIpc) is 2.77. The summed E-state index contributed by atoms with van der Waals surface area (Å²) in [6, 6.07) is 7.72. The highest BCUT2D eigenvalue weighted by Gasteiger charge is 2.57. The zero-order chi connectivity index (χ0) is 11.3. The van der Waals surface area contributed by atoms with Gasteiger partial charge in [0.05, 0.1) is 4.90 Å². The van der Waals surface area contributed by atoms with Crippen molar-refractivity contribution >= 4 is 10.0 Å². The van der Waals surface area contributed by atoms with E-state index in [1.807, 2.05) is 19.1 Å². The average molecular weight is 237 g/mol. The van der Waals surface area contributed by atoms with Crippen molar-refractivity contribution in [2.24, 2.45) is 0 Å². The van der Waals surface area contributed by atoms with Crippen molar-refractivity contribution < 1.29 is 8.42 Å². The van der Waals surface area contributed by atoms with Crippen LogP contribution in [0.3, 0.4) is 0 Å². The van der Waals surface area contributed by atoms with Gasteiger partial charge in [0.25, 0.3) is 0 Å². The fourth-order valence-electron chi connectivity index (χ4n) is 2.67. The van der Waals surface area contributed by atoms with Gasteiger partial charge < -0.3 is 0 Å². The van der Waals surface area contributed by atoms with E-state index in [1.54, 1.807) is 16.4 Å². The van der Waals surface area contributed by atoms with Crippen LogP contribution in [0.5, 0.6) is 0 Å². The Balaban J connectivity index is 1.92. The molecule has 1 aromatic rings. The number of rotatable bonds is 2. The molecule has 0 spiro atoms. The van der Waals surface area contributed by atoms with E-state index < -0.39 is 10.0 Å². The summed E-state index contributed by atoms with van der Waals surface area (Å²) in [7, 11) is -3.21. The van der Waals surface area contributed by atoms with Crippen LogP contribution in [0.1, 0.15) is 24.8 Å². The van der Waals surface area contributed by atoms with Gasteiger partial charge in [0.1, 0.15) is 0 Å². The van der Waals surface area contributed by atoms with Crippen LogP contribution in [0.15, 0.2) is 29.2 Å². The normalized spacial score (nSPS) is 32.4. The SMILES string of the molecule is Cc1ccc(S(=O)(=O)N2[C@@H]3CCC[C@H]32)cc1. The summed E-state index contributed by atoms with van der Waals surface area (Å²) >= 11 is 0. The van der Waals surface area contributed by atoms with Gasteiger partial charge in [-0.15, -0.1) is 0 Å². The number of piperidine rings is 1.